The first-order valence-electron chi connectivity index (χ1n) is 5.21. The molecule has 2 amide bonds. The number of terminal acetylenes is 1. The molecule has 92 valence electrons. The maximum absolute atomic E-state index is 11.3. The van der Waals surface area contributed by atoms with E-state index in [1.54, 1.807) is 24.3 Å². The van der Waals surface area contributed by atoms with E-state index in [0.717, 1.165) is 0 Å². The van der Waals surface area contributed by atoms with Crippen LogP contribution in [0.3, 0.4) is 0 Å². The molecule has 5 heteroatoms. The number of amides is 2. The molecule has 0 spiro atoms. The molecule has 0 aliphatic rings. The van der Waals surface area contributed by atoms with Crippen LogP contribution in [0.4, 0.5) is 0 Å². The third-order valence-corrected chi connectivity index (χ3v) is 2.18. The van der Waals surface area contributed by atoms with Gasteiger partial charge in [0.2, 0.25) is 0 Å². The van der Waals surface area contributed by atoms with E-state index in [1.165, 1.54) is 0 Å². The summed E-state index contributed by atoms with van der Waals surface area (Å²) < 4.78 is 0. The van der Waals surface area contributed by atoms with Crippen LogP contribution < -0.4 is 10.6 Å². The molecular weight excluding hydrogens is 232 g/mol. The van der Waals surface area contributed by atoms with E-state index in [4.69, 9.17) is 6.42 Å². The highest BCUT2D eigenvalue weighted by Crippen LogP contribution is 2.05. The van der Waals surface area contributed by atoms with Crippen molar-refractivity contribution in [3.8, 4) is 12.3 Å². The Bertz CT molecular complexity index is 503. The summed E-state index contributed by atoms with van der Waals surface area (Å²) in [4.78, 5) is 33.3. The van der Waals surface area contributed by atoms with Crippen molar-refractivity contribution in [2.75, 3.05) is 6.54 Å². The van der Waals surface area contributed by atoms with Crippen molar-refractivity contribution in [2.45, 2.75) is 6.54 Å². The summed E-state index contributed by atoms with van der Waals surface area (Å²) in [5, 5.41) is 4.64. The van der Waals surface area contributed by atoms with Crippen LogP contribution in [-0.2, 0) is 16.1 Å². The molecule has 0 bridgehead atoms. The zero-order valence-corrected chi connectivity index (χ0v) is 9.60. The molecule has 0 aromatic heterocycles. The number of carbonyl (C=O) groups excluding carboxylic acids is 3. The molecule has 0 saturated carbocycles. The summed E-state index contributed by atoms with van der Waals surface area (Å²) in [6, 6.07) is 6.79. The van der Waals surface area contributed by atoms with Crippen molar-refractivity contribution in [1.29, 1.82) is 0 Å². The SMILES string of the molecule is C#CCNC(=O)C(=O)NCc1ccccc1C=O. The molecular formula is C13H12N2O3. The molecule has 0 saturated heterocycles. The summed E-state index contributed by atoms with van der Waals surface area (Å²) in [5.41, 5.74) is 1.12. The van der Waals surface area contributed by atoms with Crippen LogP contribution in [0.15, 0.2) is 24.3 Å². The van der Waals surface area contributed by atoms with Crippen LogP contribution in [0.2, 0.25) is 0 Å². The molecule has 1 aromatic carbocycles. The lowest BCUT2D eigenvalue weighted by Crippen LogP contribution is -2.39. The molecule has 0 heterocycles. The smallest absolute Gasteiger partial charge is 0.310 e. The van der Waals surface area contributed by atoms with E-state index >= 15 is 0 Å². The van der Waals surface area contributed by atoms with E-state index in [0.29, 0.717) is 17.4 Å². The minimum absolute atomic E-state index is 0.00280. The van der Waals surface area contributed by atoms with Gasteiger partial charge in [0.1, 0.15) is 6.29 Å². The Hall–Kier alpha value is -2.61. The van der Waals surface area contributed by atoms with Crippen LogP contribution in [0.1, 0.15) is 15.9 Å². The van der Waals surface area contributed by atoms with Crippen molar-refractivity contribution in [2.24, 2.45) is 0 Å². The van der Waals surface area contributed by atoms with Gasteiger partial charge in [0.05, 0.1) is 6.54 Å². The minimum Gasteiger partial charge on any atom is -0.344 e. The molecule has 0 aliphatic carbocycles. The Morgan fingerprint density at radius 1 is 1.22 bits per heavy atom. The average molecular weight is 244 g/mol. The Morgan fingerprint density at radius 3 is 2.56 bits per heavy atom. The van der Waals surface area contributed by atoms with Gasteiger partial charge in [-0.05, 0) is 5.56 Å². The summed E-state index contributed by atoms with van der Waals surface area (Å²) in [6.07, 6.45) is 5.64. The van der Waals surface area contributed by atoms with Crippen molar-refractivity contribution in [1.82, 2.24) is 10.6 Å². The highest BCUT2D eigenvalue weighted by atomic mass is 16.2. The fraction of sp³-hybridized carbons (Fsp3) is 0.154. The molecule has 18 heavy (non-hydrogen) atoms. The number of hydrogen-bond donors (Lipinski definition) is 2. The summed E-state index contributed by atoms with van der Waals surface area (Å²) in [6.45, 7) is 0.106. The monoisotopic (exact) mass is 244 g/mol. The third-order valence-electron chi connectivity index (χ3n) is 2.18. The van der Waals surface area contributed by atoms with Gasteiger partial charge >= 0.3 is 11.8 Å². The zero-order valence-electron chi connectivity index (χ0n) is 9.60. The number of benzene rings is 1. The van der Waals surface area contributed by atoms with Crippen LogP contribution in [0.5, 0.6) is 0 Å². The summed E-state index contributed by atoms with van der Waals surface area (Å²) in [5.74, 6) is 0.606. The number of nitrogens with one attached hydrogen (secondary N) is 2. The highest BCUT2D eigenvalue weighted by Gasteiger charge is 2.12. The van der Waals surface area contributed by atoms with E-state index in [9.17, 15) is 14.4 Å². The average Bonchev–Trinajstić information content (AvgIpc) is 2.42. The molecule has 0 unspecified atom stereocenters. The molecule has 0 aliphatic heterocycles. The fourth-order valence-corrected chi connectivity index (χ4v) is 1.28. The predicted octanol–water partition coefficient (Wildman–Crippen LogP) is -0.135. The fourth-order valence-electron chi connectivity index (χ4n) is 1.28. The largest absolute Gasteiger partial charge is 0.344 e. The standard InChI is InChI=1S/C13H12N2O3/c1-2-7-14-12(17)13(18)15-8-10-5-3-4-6-11(10)9-16/h1,3-6,9H,7-8H2,(H,14,17)(H,15,18). The molecule has 0 radical (unpaired) electrons. The van der Waals surface area contributed by atoms with Crippen molar-refractivity contribution < 1.29 is 14.4 Å². The van der Waals surface area contributed by atoms with E-state index in [1.807, 2.05) is 0 Å². The molecule has 1 aromatic rings. The summed E-state index contributed by atoms with van der Waals surface area (Å²) >= 11 is 0. The van der Waals surface area contributed by atoms with Crippen LogP contribution in [-0.4, -0.2) is 24.6 Å². The Morgan fingerprint density at radius 2 is 1.89 bits per heavy atom. The van der Waals surface area contributed by atoms with Crippen molar-refractivity contribution in [3.63, 3.8) is 0 Å². The second-order valence-corrected chi connectivity index (χ2v) is 3.39. The van der Waals surface area contributed by atoms with Gasteiger partial charge in [0.15, 0.2) is 0 Å². The van der Waals surface area contributed by atoms with Crippen LogP contribution >= 0.6 is 0 Å². The summed E-state index contributed by atoms with van der Waals surface area (Å²) in [7, 11) is 0. The van der Waals surface area contributed by atoms with Crippen molar-refractivity contribution >= 4 is 18.1 Å². The van der Waals surface area contributed by atoms with Crippen molar-refractivity contribution in [3.05, 3.63) is 35.4 Å². The zero-order chi connectivity index (χ0) is 13.4. The van der Waals surface area contributed by atoms with Gasteiger partial charge in [-0.3, -0.25) is 14.4 Å². The number of hydrogen-bond acceptors (Lipinski definition) is 3. The Balaban J connectivity index is 2.55. The number of aldehydes is 1. The van der Waals surface area contributed by atoms with E-state index in [-0.39, 0.29) is 13.1 Å². The lowest BCUT2D eigenvalue weighted by atomic mass is 10.1. The van der Waals surface area contributed by atoms with Crippen LogP contribution in [0, 0.1) is 12.3 Å². The molecule has 0 atom stereocenters. The topological polar surface area (TPSA) is 75.3 Å². The maximum atomic E-state index is 11.3. The maximum Gasteiger partial charge on any atom is 0.310 e. The molecule has 2 N–H and O–H groups in total. The van der Waals surface area contributed by atoms with Gasteiger partial charge in [-0.2, -0.15) is 0 Å². The van der Waals surface area contributed by atoms with Gasteiger partial charge in [-0.1, -0.05) is 30.2 Å². The lowest BCUT2D eigenvalue weighted by molar-refractivity contribution is -0.139. The Labute approximate surface area is 105 Å². The molecule has 5 nitrogen and oxygen atoms in total. The van der Waals surface area contributed by atoms with E-state index < -0.39 is 11.8 Å². The van der Waals surface area contributed by atoms with Crippen LogP contribution in [0.25, 0.3) is 0 Å². The quantitative estimate of drug-likeness (QED) is 0.440. The first-order chi connectivity index (χ1) is 8.69. The highest BCUT2D eigenvalue weighted by molar-refractivity contribution is 6.35. The van der Waals surface area contributed by atoms with Gasteiger partial charge in [-0.15, -0.1) is 6.42 Å². The number of carbonyl (C=O) groups is 3. The van der Waals surface area contributed by atoms with Gasteiger partial charge in [0.25, 0.3) is 0 Å². The Kier molecular flexibility index (Phi) is 5.13. The number of rotatable bonds is 4. The minimum atomic E-state index is -0.795. The third kappa shape index (κ3) is 3.76. The van der Waals surface area contributed by atoms with Gasteiger partial charge in [-0.25, -0.2) is 0 Å². The molecule has 0 fully saturated rings. The predicted molar refractivity (Wildman–Crippen MR) is 65.5 cm³/mol. The van der Waals surface area contributed by atoms with E-state index in [2.05, 4.69) is 16.6 Å². The second-order valence-electron chi connectivity index (χ2n) is 3.39. The normalized spacial score (nSPS) is 9.06. The molecule has 1 rings (SSSR count). The first kappa shape index (κ1) is 13.5. The lowest BCUT2D eigenvalue weighted by Gasteiger charge is -2.06. The second kappa shape index (κ2) is 6.86. The first-order valence-corrected chi connectivity index (χ1v) is 5.21. The van der Waals surface area contributed by atoms with Gasteiger partial charge in [0, 0.05) is 12.1 Å². The van der Waals surface area contributed by atoms with Gasteiger partial charge < -0.3 is 10.6 Å².